The van der Waals surface area contributed by atoms with Crippen LogP contribution in [0.2, 0.25) is 0 Å². The number of hydrogen-bond donors (Lipinski definition) is 2. The largest absolute Gasteiger partial charge is 0.386 e. The van der Waals surface area contributed by atoms with Crippen LogP contribution in [0.3, 0.4) is 0 Å². The van der Waals surface area contributed by atoms with Crippen LogP contribution < -0.4 is 11.1 Å². The molecule has 11 heavy (non-hydrogen) atoms. The molecule has 0 aromatic heterocycles. The maximum absolute atomic E-state index is 5.66. The summed E-state index contributed by atoms with van der Waals surface area (Å²) in [6.45, 7) is 8.45. The lowest BCUT2D eigenvalue weighted by Crippen LogP contribution is -2.42. The third-order valence-electron chi connectivity index (χ3n) is 2.32. The number of nitrogens with one attached hydrogen (secondary N) is 1. The van der Waals surface area contributed by atoms with Crippen molar-refractivity contribution in [2.24, 2.45) is 5.73 Å². The molecule has 0 bridgehead atoms. The van der Waals surface area contributed by atoms with Crippen LogP contribution >= 0.6 is 0 Å². The topological polar surface area (TPSA) is 38.0 Å². The van der Waals surface area contributed by atoms with Gasteiger partial charge in [0.25, 0.3) is 0 Å². The molecule has 0 fully saturated rings. The lowest BCUT2D eigenvalue weighted by Gasteiger charge is -2.29. The molecule has 0 unspecified atom stereocenters. The fourth-order valence-corrected chi connectivity index (χ4v) is 0.847. The highest BCUT2D eigenvalue weighted by Gasteiger charge is 2.18. The molecule has 0 aromatic carbocycles. The Bertz CT molecular complexity index is 134. The minimum atomic E-state index is 0.163. The van der Waals surface area contributed by atoms with Gasteiger partial charge in [0.2, 0.25) is 0 Å². The zero-order valence-corrected chi connectivity index (χ0v) is 8.07. The molecule has 0 amide bonds. The molecule has 0 saturated carbocycles. The van der Waals surface area contributed by atoms with E-state index in [9.17, 15) is 0 Å². The van der Waals surface area contributed by atoms with Crippen LogP contribution in [0.4, 0.5) is 0 Å². The summed E-state index contributed by atoms with van der Waals surface area (Å²) < 4.78 is 0. The maximum atomic E-state index is 5.66. The summed E-state index contributed by atoms with van der Waals surface area (Å²) in [6, 6.07) is 0. The molecule has 0 spiro atoms. The summed E-state index contributed by atoms with van der Waals surface area (Å²) in [5.41, 5.74) is 5.82. The SMILES string of the molecule is C/C=C(\N)NC(C)(CC)CC. The van der Waals surface area contributed by atoms with Crippen LogP contribution in [0.5, 0.6) is 0 Å². The van der Waals surface area contributed by atoms with Crippen molar-refractivity contribution in [2.75, 3.05) is 0 Å². The van der Waals surface area contributed by atoms with E-state index in [1.807, 2.05) is 13.0 Å². The van der Waals surface area contributed by atoms with Gasteiger partial charge in [-0.15, -0.1) is 0 Å². The van der Waals surface area contributed by atoms with Crippen molar-refractivity contribution >= 4 is 0 Å². The first-order valence-corrected chi connectivity index (χ1v) is 4.28. The Hall–Kier alpha value is -0.660. The minimum absolute atomic E-state index is 0.163. The van der Waals surface area contributed by atoms with Gasteiger partial charge in [-0.1, -0.05) is 13.8 Å². The lowest BCUT2D eigenvalue weighted by atomic mass is 9.96. The summed E-state index contributed by atoms with van der Waals surface area (Å²) in [7, 11) is 0. The van der Waals surface area contributed by atoms with E-state index in [4.69, 9.17) is 5.73 Å². The molecule has 0 aliphatic carbocycles. The highest BCUT2D eigenvalue weighted by atomic mass is 15.0. The summed E-state index contributed by atoms with van der Waals surface area (Å²) in [6.07, 6.45) is 4.08. The Balaban J connectivity index is 4.08. The van der Waals surface area contributed by atoms with E-state index in [0.29, 0.717) is 0 Å². The second-order valence-electron chi connectivity index (χ2n) is 3.14. The average molecular weight is 156 g/mol. The molecule has 0 rings (SSSR count). The third-order valence-corrected chi connectivity index (χ3v) is 2.32. The molecule has 0 atom stereocenters. The Labute approximate surface area is 69.9 Å². The lowest BCUT2D eigenvalue weighted by molar-refractivity contribution is 0.361. The van der Waals surface area contributed by atoms with Crippen LogP contribution in [0.15, 0.2) is 11.9 Å². The molecule has 0 aromatic rings. The van der Waals surface area contributed by atoms with Gasteiger partial charge in [-0.3, -0.25) is 0 Å². The van der Waals surface area contributed by atoms with Gasteiger partial charge in [-0.25, -0.2) is 0 Å². The second-order valence-corrected chi connectivity index (χ2v) is 3.14. The summed E-state index contributed by atoms with van der Waals surface area (Å²) in [5, 5.41) is 3.28. The molecule has 0 aliphatic rings. The van der Waals surface area contributed by atoms with Crippen LogP contribution in [0.25, 0.3) is 0 Å². The molecular formula is C9H20N2. The average Bonchev–Trinajstić information content (AvgIpc) is 2.04. The van der Waals surface area contributed by atoms with Crippen LogP contribution in [-0.2, 0) is 0 Å². The van der Waals surface area contributed by atoms with Gasteiger partial charge in [0.15, 0.2) is 0 Å². The van der Waals surface area contributed by atoms with E-state index < -0.39 is 0 Å². The fraction of sp³-hybridized carbons (Fsp3) is 0.778. The molecule has 2 nitrogen and oxygen atoms in total. The molecule has 0 heterocycles. The van der Waals surface area contributed by atoms with Crippen molar-refractivity contribution in [2.45, 2.75) is 46.1 Å². The Morgan fingerprint density at radius 2 is 1.91 bits per heavy atom. The van der Waals surface area contributed by atoms with Crippen LogP contribution in [-0.4, -0.2) is 5.54 Å². The highest BCUT2D eigenvalue weighted by Crippen LogP contribution is 2.13. The Morgan fingerprint density at radius 3 is 2.18 bits per heavy atom. The van der Waals surface area contributed by atoms with Crippen molar-refractivity contribution in [3.8, 4) is 0 Å². The summed E-state index contributed by atoms with van der Waals surface area (Å²) >= 11 is 0. The standard InChI is InChI=1S/C9H20N2/c1-5-8(10)11-9(4,6-2)7-3/h5,11H,6-7,10H2,1-4H3/b8-5+. The van der Waals surface area contributed by atoms with Crippen LogP contribution in [0, 0.1) is 0 Å². The third kappa shape index (κ3) is 3.30. The number of hydrogen-bond acceptors (Lipinski definition) is 2. The number of allylic oxidation sites excluding steroid dienone is 1. The molecule has 0 radical (unpaired) electrons. The predicted molar refractivity (Wildman–Crippen MR) is 50.1 cm³/mol. The van der Waals surface area contributed by atoms with Gasteiger partial charge >= 0.3 is 0 Å². The molecule has 0 saturated heterocycles. The Kier molecular flexibility index (Phi) is 4.01. The van der Waals surface area contributed by atoms with Crippen molar-refractivity contribution in [1.82, 2.24) is 5.32 Å². The molecule has 66 valence electrons. The predicted octanol–water partition coefficient (Wildman–Crippen LogP) is 1.97. The minimum Gasteiger partial charge on any atom is -0.386 e. The first-order chi connectivity index (χ1) is 5.08. The van der Waals surface area contributed by atoms with E-state index in [1.54, 1.807) is 0 Å². The number of rotatable bonds is 4. The van der Waals surface area contributed by atoms with E-state index in [1.165, 1.54) is 0 Å². The molecule has 3 N–H and O–H groups in total. The van der Waals surface area contributed by atoms with Gasteiger partial charge in [-0.2, -0.15) is 0 Å². The number of nitrogens with two attached hydrogens (primary N) is 1. The monoisotopic (exact) mass is 156 g/mol. The normalized spacial score (nSPS) is 13.3. The van der Waals surface area contributed by atoms with Crippen molar-refractivity contribution < 1.29 is 0 Å². The smallest absolute Gasteiger partial charge is 0.0920 e. The van der Waals surface area contributed by atoms with Crippen molar-refractivity contribution in [3.63, 3.8) is 0 Å². The zero-order valence-electron chi connectivity index (χ0n) is 8.07. The fourth-order valence-electron chi connectivity index (χ4n) is 0.847. The molecule has 0 aliphatic heterocycles. The van der Waals surface area contributed by atoms with E-state index in [2.05, 4.69) is 26.1 Å². The first-order valence-electron chi connectivity index (χ1n) is 4.28. The first kappa shape index (κ1) is 10.3. The van der Waals surface area contributed by atoms with Gasteiger partial charge in [0.1, 0.15) is 0 Å². The molecular weight excluding hydrogens is 136 g/mol. The second kappa shape index (κ2) is 4.27. The van der Waals surface area contributed by atoms with Crippen molar-refractivity contribution in [1.29, 1.82) is 0 Å². The van der Waals surface area contributed by atoms with Gasteiger partial charge in [0, 0.05) is 5.54 Å². The van der Waals surface area contributed by atoms with Crippen molar-refractivity contribution in [3.05, 3.63) is 11.9 Å². The maximum Gasteiger partial charge on any atom is 0.0920 e. The van der Waals surface area contributed by atoms with Gasteiger partial charge in [0.05, 0.1) is 5.82 Å². The summed E-state index contributed by atoms with van der Waals surface area (Å²) in [5.74, 6) is 0.774. The summed E-state index contributed by atoms with van der Waals surface area (Å²) in [4.78, 5) is 0. The Morgan fingerprint density at radius 1 is 1.45 bits per heavy atom. The van der Waals surface area contributed by atoms with E-state index in [0.717, 1.165) is 18.7 Å². The quantitative estimate of drug-likeness (QED) is 0.653. The van der Waals surface area contributed by atoms with Gasteiger partial charge < -0.3 is 11.1 Å². The van der Waals surface area contributed by atoms with E-state index >= 15 is 0 Å². The van der Waals surface area contributed by atoms with E-state index in [-0.39, 0.29) is 5.54 Å². The van der Waals surface area contributed by atoms with Gasteiger partial charge in [-0.05, 0) is 32.8 Å². The highest BCUT2D eigenvalue weighted by molar-refractivity contribution is 4.97. The van der Waals surface area contributed by atoms with Crippen LogP contribution in [0.1, 0.15) is 40.5 Å². The zero-order chi connectivity index (χ0) is 8.91. The molecule has 2 heteroatoms.